The van der Waals surface area contributed by atoms with E-state index in [2.05, 4.69) is 4.83 Å². The summed E-state index contributed by atoms with van der Waals surface area (Å²) < 4.78 is 34.3. The third-order valence-corrected chi connectivity index (χ3v) is 5.37. The van der Waals surface area contributed by atoms with Crippen molar-refractivity contribution < 1.29 is 40.0 Å². The Hall–Kier alpha value is -3.08. The molecule has 2 aromatic carbocycles. The lowest BCUT2D eigenvalue weighted by atomic mass is 10.2. The number of carbonyl (C=O) groups is 1. The van der Waals surface area contributed by atoms with Crippen molar-refractivity contribution in [1.82, 2.24) is 9.40 Å². The summed E-state index contributed by atoms with van der Waals surface area (Å²) in [7, 11) is -0.888. The van der Waals surface area contributed by atoms with Gasteiger partial charge < -0.3 is 22.3 Å². The van der Waals surface area contributed by atoms with Crippen molar-refractivity contribution in [2.24, 2.45) is 7.05 Å². The zero-order valence-electron chi connectivity index (χ0n) is 16.3. The van der Waals surface area contributed by atoms with Crippen LogP contribution in [0.15, 0.2) is 72.1 Å². The largest absolute Gasteiger partial charge is 1.00 e. The molecule has 1 aromatic heterocycles. The van der Waals surface area contributed by atoms with E-state index in [1.807, 2.05) is 0 Å². The van der Waals surface area contributed by atoms with Gasteiger partial charge in [-0.15, -0.1) is 4.83 Å². The third kappa shape index (κ3) is 5.29. The third-order valence-electron chi connectivity index (χ3n) is 4.06. The Kier molecular flexibility index (Phi) is 7.43. The molecule has 2 N–H and O–H groups in total. The van der Waals surface area contributed by atoms with Crippen molar-refractivity contribution in [2.75, 3.05) is 12.1 Å². The smallest absolute Gasteiger partial charge is 0.284 e. The van der Waals surface area contributed by atoms with Crippen LogP contribution < -0.4 is 31.6 Å². The Morgan fingerprint density at radius 3 is 2.53 bits per heavy atom. The number of ether oxygens (including phenoxy) is 1. The minimum atomic E-state index is -4.07. The van der Waals surface area contributed by atoms with E-state index in [9.17, 15) is 18.3 Å². The van der Waals surface area contributed by atoms with Crippen molar-refractivity contribution in [3.05, 3.63) is 67.3 Å². The molecule has 3 rings (SSSR count). The molecule has 0 fully saturated rings. The first kappa shape index (κ1) is 23.2. The van der Waals surface area contributed by atoms with Crippen LogP contribution in [0, 0.1) is 0 Å². The fourth-order valence-corrected chi connectivity index (χ4v) is 3.74. The van der Waals surface area contributed by atoms with Crippen LogP contribution in [0.1, 0.15) is 0 Å². The SMILES string of the molecule is COc1ccc(O)cc1N(NS(=O)(=O)c1ccccc1)C(=O)Cn1cc[n+](C)c1.[Cl-]. The van der Waals surface area contributed by atoms with Gasteiger partial charge in [0.15, 0.2) is 6.54 Å². The second kappa shape index (κ2) is 9.61. The number of nitrogens with zero attached hydrogens (tertiary/aromatic N) is 3. The fraction of sp³-hybridized carbons (Fsp3) is 0.158. The molecule has 0 radical (unpaired) electrons. The zero-order valence-corrected chi connectivity index (χ0v) is 17.8. The van der Waals surface area contributed by atoms with Crippen LogP contribution in [0.2, 0.25) is 0 Å². The highest BCUT2D eigenvalue weighted by Crippen LogP contribution is 2.31. The first-order chi connectivity index (χ1) is 13.8. The monoisotopic (exact) mass is 452 g/mol. The summed E-state index contributed by atoms with van der Waals surface area (Å²) in [5.74, 6) is -0.514. The Balaban J connectivity index is 0.00000320. The van der Waals surface area contributed by atoms with E-state index < -0.39 is 15.9 Å². The number of hydrazine groups is 1. The lowest BCUT2D eigenvalue weighted by Crippen LogP contribution is -3.00. The predicted octanol–water partition coefficient (Wildman–Crippen LogP) is -2.04. The number of carbonyl (C=O) groups excluding carboxylic acids is 1. The average molecular weight is 453 g/mol. The van der Waals surface area contributed by atoms with E-state index in [1.165, 1.54) is 37.4 Å². The summed E-state index contributed by atoms with van der Waals surface area (Å²) in [5, 5.41) is 10.8. The number of aromatic nitrogens is 2. The van der Waals surface area contributed by atoms with Crippen molar-refractivity contribution in [2.45, 2.75) is 11.4 Å². The Bertz CT molecular complexity index is 1120. The van der Waals surface area contributed by atoms with E-state index in [0.29, 0.717) is 0 Å². The molecule has 160 valence electrons. The molecule has 0 spiro atoms. The second-order valence-corrected chi connectivity index (χ2v) is 7.91. The standard InChI is InChI=1S/C19H20N4O5S.ClH/c1-21-10-11-22(14-21)13-19(25)23(17-12-15(24)8-9-18(17)28-2)20-29(26,27)16-6-4-3-5-7-16;/h3-12,14,20H,13H2,1-2H3;1H. The number of aromatic hydroxyl groups is 1. The number of amides is 1. The Morgan fingerprint density at radius 2 is 1.93 bits per heavy atom. The van der Waals surface area contributed by atoms with Crippen LogP contribution >= 0.6 is 0 Å². The Labute approximate surface area is 180 Å². The number of anilines is 1. The molecule has 0 aliphatic rings. The van der Waals surface area contributed by atoms with E-state index in [4.69, 9.17) is 4.74 Å². The van der Waals surface area contributed by atoms with Gasteiger partial charge in [-0.1, -0.05) is 18.2 Å². The molecule has 1 amide bonds. The number of halogens is 1. The molecule has 0 atom stereocenters. The molecule has 30 heavy (non-hydrogen) atoms. The summed E-state index contributed by atoms with van der Waals surface area (Å²) in [6.07, 6.45) is 5.11. The lowest BCUT2D eigenvalue weighted by Gasteiger charge is -2.24. The predicted molar refractivity (Wildman–Crippen MR) is 105 cm³/mol. The van der Waals surface area contributed by atoms with Gasteiger partial charge in [0.05, 0.1) is 19.1 Å². The van der Waals surface area contributed by atoms with Gasteiger partial charge in [0.1, 0.15) is 29.6 Å². The molecule has 0 bridgehead atoms. The normalized spacial score (nSPS) is 10.9. The van der Waals surface area contributed by atoms with Crippen molar-refractivity contribution in [1.29, 1.82) is 0 Å². The van der Waals surface area contributed by atoms with Gasteiger partial charge in [-0.05, 0) is 24.3 Å². The number of phenols is 1. The first-order valence-electron chi connectivity index (χ1n) is 8.58. The van der Waals surface area contributed by atoms with Gasteiger partial charge in [-0.25, -0.2) is 22.6 Å². The maximum absolute atomic E-state index is 13.0. The number of methoxy groups -OCH3 is 1. The molecule has 1 heterocycles. The van der Waals surface area contributed by atoms with Crippen LogP contribution in [0.3, 0.4) is 0 Å². The van der Waals surface area contributed by atoms with E-state index >= 15 is 0 Å². The van der Waals surface area contributed by atoms with Crippen molar-refractivity contribution in [3.8, 4) is 11.5 Å². The quantitative estimate of drug-likeness (QED) is 0.317. The van der Waals surface area contributed by atoms with Gasteiger partial charge in [0.25, 0.3) is 15.9 Å². The van der Waals surface area contributed by atoms with Gasteiger partial charge in [-0.2, -0.15) is 0 Å². The maximum atomic E-state index is 13.0. The van der Waals surface area contributed by atoms with Crippen LogP contribution in [0.25, 0.3) is 0 Å². The average Bonchev–Trinajstić information content (AvgIpc) is 3.11. The van der Waals surface area contributed by atoms with E-state index in [1.54, 1.807) is 53.1 Å². The van der Waals surface area contributed by atoms with Crippen LogP contribution in [-0.4, -0.2) is 31.1 Å². The van der Waals surface area contributed by atoms with Gasteiger partial charge in [0, 0.05) is 6.07 Å². The van der Waals surface area contributed by atoms with E-state index in [0.717, 1.165) is 5.01 Å². The van der Waals surface area contributed by atoms with Crippen molar-refractivity contribution in [3.63, 3.8) is 0 Å². The highest BCUT2D eigenvalue weighted by atomic mass is 35.5. The molecule has 0 saturated heterocycles. The topological polar surface area (TPSA) is 105 Å². The Morgan fingerprint density at radius 1 is 1.23 bits per heavy atom. The first-order valence-corrected chi connectivity index (χ1v) is 10.1. The number of aryl methyl sites for hydroxylation is 1. The molecular formula is C19H21ClN4O5S. The summed E-state index contributed by atoms with van der Waals surface area (Å²) in [4.78, 5) is 15.3. The highest BCUT2D eigenvalue weighted by molar-refractivity contribution is 7.89. The fourth-order valence-electron chi connectivity index (χ4n) is 2.68. The molecule has 0 unspecified atom stereocenters. The number of hydrogen-bond acceptors (Lipinski definition) is 5. The van der Waals surface area contributed by atoms with Crippen LogP contribution in [-0.2, 0) is 28.4 Å². The number of imidazole rings is 1. The molecular weight excluding hydrogens is 432 g/mol. The minimum absolute atomic E-state index is 0. The zero-order chi connectivity index (χ0) is 21.0. The minimum Gasteiger partial charge on any atom is -1.00 e. The number of hydrogen-bond donors (Lipinski definition) is 2. The van der Waals surface area contributed by atoms with Gasteiger partial charge >= 0.3 is 0 Å². The molecule has 0 aliphatic heterocycles. The number of sulfonamides is 1. The molecule has 0 aliphatic carbocycles. The number of nitrogens with one attached hydrogen (secondary N) is 1. The van der Waals surface area contributed by atoms with Crippen molar-refractivity contribution >= 4 is 21.6 Å². The molecule has 9 nitrogen and oxygen atoms in total. The molecule has 3 aromatic rings. The summed E-state index contributed by atoms with van der Waals surface area (Å²) in [6.45, 7) is -0.142. The number of benzene rings is 2. The molecule has 0 saturated carbocycles. The van der Waals surface area contributed by atoms with Crippen LogP contribution in [0.5, 0.6) is 11.5 Å². The molecule has 11 heteroatoms. The van der Waals surface area contributed by atoms with Gasteiger partial charge in [-0.3, -0.25) is 4.79 Å². The summed E-state index contributed by atoms with van der Waals surface area (Å²) in [6, 6.07) is 11.7. The summed E-state index contributed by atoms with van der Waals surface area (Å²) in [5.41, 5.74) is 0.0635. The van der Waals surface area contributed by atoms with Gasteiger partial charge in [0.2, 0.25) is 6.33 Å². The lowest BCUT2D eigenvalue weighted by molar-refractivity contribution is -0.671. The highest BCUT2D eigenvalue weighted by Gasteiger charge is 2.28. The number of phenolic OH excluding ortho intramolecular Hbond substituents is 1. The maximum Gasteiger partial charge on any atom is 0.284 e. The second-order valence-electron chi connectivity index (χ2n) is 6.24. The number of rotatable bonds is 7. The van der Waals surface area contributed by atoms with Crippen LogP contribution in [0.4, 0.5) is 5.69 Å². The van der Waals surface area contributed by atoms with E-state index in [-0.39, 0.29) is 41.0 Å². The summed E-state index contributed by atoms with van der Waals surface area (Å²) >= 11 is 0.